The second-order valence-electron chi connectivity index (χ2n) is 7.08. The average Bonchev–Trinajstić information content (AvgIpc) is 2.59. The fraction of sp³-hybridized carbons (Fsp3) is 0.318. The van der Waals surface area contributed by atoms with E-state index in [4.69, 9.17) is 0 Å². The number of phenolic OH excluding ortho intramolecular Hbond substituents is 1. The molecule has 0 atom stereocenters. The lowest BCUT2D eigenvalue weighted by molar-refractivity contribution is -0.117. The number of anilines is 1. The summed E-state index contributed by atoms with van der Waals surface area (Å²) in [5.74, 6) is 0.312. The standard InChI is InChI=1S/C22H26N2O2/c1-15-12-16(2)22(17(3)13-15)23-21(26)14-24-10-8-19(9-11-24)18-4-6-20(25)7-5-18/h4-8,12-13,25H,9-11,14H2,1-3H3,(H,23,26). The molecule has 0 fully saturated rings. The molecule has 4 nitrogen and oxygen atoms in total. The van der Waals surface area contributed by atoms with Crippen molar-refractivity contribution in [2.75, 3.05) is 25.0 Å². The van der Waals surface area contributed by atoms with Gasteiger partial charge in [0.15, 0.2) is 0 Å². The minimum Gasteiger partial charge on any atom is -0.508 e. The molecule has 4 heteroatoms. The van der Waals surface area contributed by atoms with Crippen LogP contribution in [0.5, 0.6) is 5.75 Å². The Morgan fingerprint density at radius 2 is 1.77 bits per heavy atom. The number of phenols is 1. The van der Waals surface area contributed by atoms with Crippen molar-refractivity contribution in [1.82, 2.24) is 4.90 Å². The van der Waals surface area contributed by atoms with Gasteiger partial charge in [0.2, 0.25) is 5.91 Å². The summed E-state index contributed by atoms with van der Waals surface area (Å²) in [4.78, 5) is 14.6. The second-order valence-corrected chi connectivity index (χ2v) is 7.08. The number of carbonyl (C=O) groups excluding carboxylic acids is 1. The molecule has 0 aliphatic carbocycles. The van der Waals surface area contributed by atoms with Gasteiger partial charge in [0.1, 0.15) is 5.75 Å². The molecule has 2 N–H and O–H groups in total. The third-order valence-corrected chi connectivity index (χ3v) is 4.84. The van der Waals surface area contributed by atoms with Gasteiger partial charge in [-0.1, -0.05) is 35.9 Å². The van der Waals surface area contributed by atoms with E-state index in [9.17, 15) is 9.90 Å². The fourth-order valence-electron chi connectivity index (χ4n) is 3.55. The molecular formula is C22H26N2O2. The van der Waals surface area contributed by atoms with Crippen molar-refractivity contribution in [2.24, 2.45) is 0 Å². The predicted molar refractivity (Wildman–Crippen MR) is 106 cm³/mol. The van der Waals surface area contributed by atoms with E-state index in [1.54, 1.807) is 12.1 Å². The predicted octanol–water partition coefficient (Wildman–Crippen LogP) is 4.05. The first kappa shape index (κ1) is 18.2. The van der Waals surface area contributed by atoms with Crippen molar-refractivity contribution in [3.63, 3.8) is 0 Å². The highest BCUT2D eigenvalue weighted by Gasteiger charge is 2.17. The van der Waals surface area contributed by atoms with Crippen LogP contribution in [0.25, 0.3) is 5.57 Å². The van der Waals surface area contributed by atoms with Crippen LogP contribution in [0.15, 0.2) is 42.5 Å². The average molecular weight is 350 g/mol. The van der Waals surface area contributed by atoms with Crippen LogP contribution in [-0.2, 0) is 4.79 Å². The largest absolute Gasteiger partial charge is 0.508 e. The summed E-state index contributed by atoms with van der Waals surface area (Å²) >= 11 is 0. The van der Waals surface area contributed by atoms with Gasteiger partial charge < -0.3 is 10.4 Å². The number of hydrogen-bond acceptors (Lipinski definition) is 3. The van der Waals surface area contributed by atoms with E-state index in [1.165, 1.54) is 11.1 Å². The topological polar surface area (TPSA) is 52.6 Å². The summed E-state index contributed by atoms with van der Waals surface area (Å²) < 4.78 is 0. The fourth-order valence-corrected chi connectivity index (χ4v) is 3.55. The van der Waals surface area contributed by atoms with Crippen LogP contribution >= 0.6 is 0 Å². The highest BCUT2D eigenvalue weighted by molar-refractivity contribution is 5.93. The van der Waals surface area contributed by atoms with E-state index >= 15 is 0 Å². The number of aromatic hydroxyl groups is 1. The first-order valence-electron chi connectivity index (χ1n) is 9.01. The van der Waals surface area contributed by atoms with Crippen molar-refractivity contribution in [3.8, 4) is 5.75 Å². The zero-order chi connectivity index (χ0) is 18.7. The summed E-state index contributed by atoms with van der Waals surface area (Å²) in [7, 11) is 0. The Morgan fingerprint density at radius 3 is 2.35 bits per heavy atom. The van der Waals surface area contributed by atoms with E-state index in [0.29, 0.717) is 6.54 Å². The third kappa shape index (κ3) is 4.33. The van der Waals surface area contributed by atoms with Crippen molar-refractivity contribution in [2.45, 2.75) is 27.2 Å². The Bertz CT molecular complexity index is 815. The van der Waals surface area contributed by atoms with Gasteiger partial charge in [0, 0.05) is 18.8 Å². The Morgan fingerprint density at radius 1 is 1.12 bits per heavy atom. The zero-order valence-corrected chi connectivity index (χ0v) is 15.7. The number of hydrogen-bond donors (Lipinski definition) is 2. The van der Waals surface area contributed by atoms with E-state index in [2.05, 4.69) is 35.3 Å². The van der Waals surface area contributed by atoms with Crippen LogP contribution in [0.3, 0.4) is 0 Å². The third-order valence-electron chi connectivity index (χ3n) is 4.84. The smallest absolute Gasteiger partial charge is 0.238 e. The van der Waals surface area contributed by atoms with Gasteiger partial charge in [-0.25, -0.2) is 0 Å². The minimum absolute atomic E-state index is 0.0292. The zero-order valence-electron chi connectivity index (χ0n) is 15.7. The van der Waals surface area contributed by atoms with Crippen LogP contribution in [0, 0.1) is 20.8 Å². The van der Waals surface area contributed by atoms with E-state index in [-0.39, 0.29) is 11.7 Å². The van der Waals surface area contributed by atoms with Crippen LogP contribution in [-0.4, -0.2) is 35.5 Å². The molecule has 0 saturated heterocycles. The number of amides is 1. The van der Waals surface area contributed by atoms with Crippen molar-refractivity contribution < 1.29 is 9.90 Å². The molecule has 1 aliphatic heterocycles. The molecule has 1 amide bonds. The van der Waals surface area contributed by atoms with Crippen molar-refractivity contribution in [1.29, 1.82) is 0 Å². The highest BCUT2D eigenvalue weighted by atomic mass is 16.3. The molecule has 26 heavy (non-hydrogen) atoms. The summed E-state index contributed by atoms with van der Waals surface area (Å²) in [6.45, 7) is 8.14. The molecule has 1 aliphatic rings. The van der Waals surface area contributed by atoms with Crippen molar-refractivity contribution >= 4 is 17.2 Å². The molecule has 136 valence electrons. The monoisotopic (exact) mass is 350 g/mol. The van der Waals surface area contributed by atoms with Crippen LogP contribution < -0.4 is 5.32 Å². The molecule has 3 rings (SSSR count). The molecule has 0 radical (unpaired) electrons. The maximum absolute atomic E-state index is 12.5. The van der Waals surface area contributed by atoms with Gasteiger partial charge in [-0.15, -0.1) is 0 Å². The molecule has 2 aromatic carbocycles. The Kier molecular flexibility index (Phi) is 5.43. The van der Waals surface area contributed by atoms with Crippen LogP contribution in [0.4, 0.5) is 5.69 Å². The van der Waals surface area contributed by atoms with Crippen LogP contribution in [0.2, 0.25) is 0 Å². The van der Waals surface area contributed by atoms with Crippen LogP contribution in [0.1, 0.15) is 28.7 Å². The quantitative estimate of drug-likeness (QED) is 0.875. The number of nitrogens with one attached hydrogen (secondary N) is 1. The molecule has 0 spiro atoms. The first-order valence-corrected chi connectivity index (χ1v) is 9.01. The molecule has 0 aromatic heterocycles. The number of rotatable bonds is 4. The van der Waals surface area contributed by atoms with Gasteiger partial charge in [-0.3, -0.25) is 9.69 Å². The lowest BCUT2D eigenvalue weighted by Crippen LogP contribution is -2.36. The summed E-state index contributed by atoms with van der Waals surface area (Å²) in [5, 5.41) is 12.5. The van der Waals surface area contributed by atoms with Gasteiger partial charge in [0.25, 0.3) is 0 Å². The lowest BCUT2D eigenvalue weighted by atomic mass is 9.99. The molecule has 0 bridgehead atoms. The van der Waals surface area contributed by atoms with Gasteiger partial charge >= 0.3 is 0 Å². The number of aryl methyl sites for hydroxylation is 3. The summed E-state index contributed by atoms with van der Waals surface area (Å²) in [5.41, 5.74) is 6.75. The second kappa shape index (κ2) is 7.75. The first-order chi connectivity index (χ1) is 12.4. The maximum Gasteiger partial charge on any atom is 0.238 e. The molecule has 2 aromatic rings. The summed E-state index contributed by atoms with van der Waals surface area (Å²) in [6.07, 6.45) is 3.08. The lowest BCUT2D eigenvalue weighted by Gasteiger charge is -2.26. The van der Waals surface area contributed by atoms with Gasteiger partial charge in [-0.05, 0) is 61.6 Å². The normalized spacial score (nSPS) is 14.8. The number of benzene rings is 2. The molecule has 0 saturated carbocycles. The minimum atomic E-state index is 0.0292. The highest BCUT2D eigenvalue weighted by Crippen LogP contribution is 2.25. The Labute approximate surface area is 155 Å². The Hall–Kier alpha value is -2.59. The maximum atomic E-state index is 12.5. The SMILES string of the molecule is Cc1cc(C)c(NC(=O)CN2CC=C(c3ccc(O)cc3)CC2)c(C)c1. The number of carbonyl (C=O) groups is 1. The molecular weight excluding hydrogens is 324 g/mol. The molecule has 0 unspecified atom stereocenters. The molecule has 1 heterocycles. The number of nitrogens with zero attached hydrogens (tertiary/aromatic N) is 1. The summed E-state index contributed by atoms with van der Waals surface area (Å²) in [6, 6.07) is 11.5. The van der Waals surface area contributed by atoms with Crippen molar-refractivity contribution in [3.05, 3.63) is 64.7 Å². The van der Waals surface area contributed by atoms with E-state index in [0.717, 1.165) is 41.9 Å². The van der Waals surface area contributed by atoms with Gasteiger partial charge in [-0.2, -0.15) is 0 Å². The van der Waals surface area contributed by atoms with E-state index in [1.807, 2.05) is 26.0 Å². The van der Waals surface area contributed by atoms with Gasteiger partial charge in [0.05, 0.1) is 6.54 Å². The Balaban J connectivity index is 1.59. The van der Waals surface area contributed by atoms with E-state index < -0.39 is 0 Å².